The minimum atomic E-state index is -0.00874. The van der Waals surface area contributed by atoms with Crippen LogP contribution in [0.25, 0.3) is 0 Å². The first-order chi connectivity index (χ1) is 9.12. The van der Waals surface area contributed by atoms with Crippen molar-refractivity contribution in [1.82, 2.24) is 0 Å². The van der Waals surface area contributed by atoms with Crippen molar-refractivity contribution < 1.29 is 14.6 Å². The number of rotatable bonds is 8. The quantitative estimate of drug-likeness (QED) is 0.777. The Kier molecular flexibility index (Phi) is 7.24. The molecule has 4 heteroatoms. The molecule has 0 bridgehead atoms. The van der Waals surface area contributed by atoms with E-state index in [9.17, 15) is 5.11 Å². The normalized spacial score (nSPS) is 12.3. The second-order valence-electron chi connectivity index (χ2n) is 4.70. The zero-order valence-electron chi connectivity index (χ0n) is 11.9. The molecule has 1 N–H and O–H groups in total. The molecule has 0 spiro atoms. The van der Waals surface area contributed by atoms with Gasteiger partial charge in [0.2, 0.25) is 0 Å². The first-order valence-corrected chi connectivity index (χ1v) is 7.60. The van der Waals surface area contributed by atoms with Crippen LogP contribution >= 0.6 is 15.9 Å². The number of ether oxygens (including phenoxy) is 2. The van der Waals surface area contributed by atoms with E-state index in [1.54, 1.807) is 0 Å². The molecule has 1 unspecified atom stereocenters. The van der Waals surface area contributed by atoms with Crippen LogP contribution < -0.4 is 9.47 Å². The van der Waals surface area contributed by atoms with Crippen molar-refractivity contribution in [3.8, 4) is 11.5 Å². The second kappa shape index (κ2) is 8.43. The van der Waals surface area contributed by atoms with Crippen LogP contribution in [0.2, 0.25) is 0 Å². The monoisotopic (exact) mass is 330 g/mol. The minimum Gasteiger partial charge on any atom is -0.490 e. The highest BCUT2D eigenvalue weighted by molar-refractivity contribution is 9.10. The van der Waals surface area contributed by atoms with Crippen LogP contribution in [-0.4, -0.2) is 18.3 Å². The first kappa shape index (κ1) is 16.3. The van der Waals surface area contributed by atoms with E-state index in [1.165, 1.54) is 0 Å². The number of halogens is 1. The molecule has 3 nitrogen and oxygen atoms in total. The topological polar surface area (TPSA) is 38.7 Å². The maximum Gasteiger partial charge on any atom is 0.175 e. The maximum absolute atomic E-state index is 9.22. The molecule has 0 heterocycles. The van der Waals surface area contributed by atoms with Gasteiger partial charge < -0.3 is 14.6 Å². The summed E-state index contributed by atoms with van der Waals surface area (Å²) < 4.78 is 12.3. The molecule has 1 rings (SSSR count). The molecular formula is C15H23BrO3. The average molecular weight is 331 g/mol. The van der Waals surface area contributed by atoms with E-state index in [2.05, 4.69) is 29.8 Å². The highest BCUT2D eigenvalue weighted by Gasteiger charge is 2.13. The smallest absolute Gasteiger partial charge is 0.175 e. The molecule has 0 fully saturated rings. The van der Waals surface area contributed by atoms with Gasteiger partial charge in [-0.2, -0.15) is 0 Å². The number of aliphatic hydroxyl groups is 1. The van der Waals surface area contributed by atoms with Crippen molar-refractivity contribution in [1.29, 1.82) is 0 Å². The van der Waals surface area contributed by atoms with Gasteiger partial charge in [0.05, 0.1) is 24.3 Å². The Labute approximate surface area is 124 Å². The Morgan fingerprint density at radius 2 is 2.00 bits per heavy atom. The SMILES string of the molecule is CCCC(C)COc1c(Br)cc(CO)cc1OCC. The van der Waals surface area contributed by atoms with Crippen molar-refractivity contribution in [2.45, 2.75) is 40.2 Å². The summed E-state index contributed by atoms with van der Waals surface area (Å²) in [4.78, 5) is 0. The second-order valence-corrected chi connectivity index (χ2v) is 5.56. The van der Waals surface area contributed by atoms with Gasteiger partial charge in [-0.1, -0.05) is 20.3 Å². The molecule has 108 valence electrons. The Morgan fingerprint density at radius 3 is 2.58 bits per heavy atom. The molecule has 19 heavy (non-hydrogen) atoms. The Bertz CT molecular complexity index is 393. The Balaban J connectivity index is 2.85. The lowest BCUT2D eigenvalue weighted by Gasteiger charge is -2.17. The average Bonchev–Trinajstić information content (AvgIpc) is 2.38. The lowest BCUT2D eigenvalue weighted by Crippen LogP contribution is -2.10. The summed E-state index contributed by atoms with van der Waals surface area (Å²) in [6.07, 6.45) is 2.31. The van der Waals surface area contributed by atoms with Crippen LogP contribution in [0.1, 0.15) is 39.2 Å². The van der Waals surface area contributed by atoms with Crippen LogP contribution in [0.4, 0.5) is 0 Å². The zero-order valence-corrected chi connectivity index (χ0v) is 13.5. The molecule has 1 aromatic rings. The summed E-state index contributed by atoms with van der Waals surface area (Å²) in [7, 11) is 0. The van der Waals surface area contributed by atoms with Crippen molar-refractivity contribution in [2.75, 3.05) is 13.2 Å². The summed E-state index contributed by atoms with van der Waals surface area (Å²) in [5.74, 6) is 1.93. The van der Waals surface area contributed by atoms with Crippen molar-refractivity contribution in [3.63, 3.8) is 0 Å². The highest BCUT2D eigenvalue weighted by atomic mass is 79.9. The third-order valence-corrected chi connectivity index (χ3v) is 3.43. The molecule has 0 aromatic heterocycles. The molecule has 0 aliphatic carbocycles. The molecule has 1 aromatic carbocycles. The van der Waals surface area contributed by atoms with Gasteiger partial charge in [-0.05, 0) is 52.9 Å². The van der Waals surface area contributed by atoms with Gasteiger partial charge >= 0.3 is 0 Å². The lowest BCUT2D eigenvalue weighted by molar-refractivity contribution is 0.231. The van der Waals surface area contributed by atoms with E-state index in [0.717, 1.165) is 28.6 Å². The molecule has 0 aliphatic heterocycles. The zero-order chi connectivity index (χ0) is 14.3. The fraction of sp³-hybridized carbons (Fsp3) is 0.600. The van der Waals surface area contributed by atoms with Gasteiger partial charge in [0.1, 0.15) is 0 Å². The van der Waals surface area contributed by atoms with Crippen molar-refractivity contribution in [2.24, 2.45) is 5.92 Å². The minimum absolute atomic E-state index is 0.00874. The standard InChI is InChI=1S/C15H23BrO3/c1-4-6-11(3)10-19-15-13(16)7-12(9-17)8-14(15)18-5-2/h7-8,11,17H,4-6,9-10H2,1-3H3. The van der Waals surface area contributed by atoms with Crippen LogP contribution in [0.15, 0.2) is 16.6 Å². The number of hydrogen-bond donors (Lipinski definition) is 1. The summed E-state index contributed by atoms with van der Waals surface area (Å²) >= 11 is 3.48. The van der Waals surface area contributed by atoms with E-state index < -0.39 is 0 Å². The Hall–Kier alpha value is -0.740. The van der Waals surface area contributed by atoms with Gasteiger partial charge in [-0.25, -0.2) is 0 Å². The van der Waals surface area contributed by atoms with Gasteiger partial charge in [0, 0.05) is 0 Å². The number of hydrogen-bond acceptors (Lipinski definition) is 3. The third-order valence-electron chi connectivity index (χ3n) is 2.85. The fourth-order valence-corrected chi connectivity index (χ4v) is 2.52. The molecule has 1 atom stereocenters. The Morgan fingerprint density at radius 1 is 1.26 bits per heavy atom. The molecule has 0 saturated carbocycles. The molecule has 0 amide bonds. The predicted octanol–water partition coefficient (Wildman–Crippen LogP) is 4.16. The maximum atomic E-state index is 9.22. The number of benzene rings is 1. The van der Waals surface area contributed by atoms with Crippen LogP contribution in [0.3, 0.4) is 0 Å². The largest absolute Gasteiger partial charge is 0.490 e. The van der Waals surface area contributed by atoms with Crippen LogP contribution in [0.5, 0.6) is 11.5 Å². The molecular weight excluding hydrogens is 308 g/mol. The van der Waals surface area contributed by atoms with E-state index in [1.807, 2.05) is 19.1 Å². The van der Waals surface area contributed by atoms with Gasteiger partial charge in [0.15, 0.2) is 11.5 Å². The summed E-state index contributed by atoms with van der Waals surface area (Å²) in [6, 6.07) is 3.69. The highest BCUT2D eigenvalue weighted by Crippen LogP contribution is 2.37. The third kappa shape index (κ3) is 5.03. The summed E-state index contributed by atoms with van der Waals surface area (Å²) in [5.41, 5.74) is 0.810. The van der Waals surface area contributed by atoms with E-state index in [-0.39, 0.29) is 6.61 Å². The molecule has 0 radical (unpaired) electrons. The summed E-state index contributed by atoms with van der Waals surface area (Å²) in [6.45, 7) is 7.52. The van der Waals surface area contributed by atoms with E-state index in [0.29, 0.717) is 24.9 Å². The molecule has 0 aliphatic rings. The molecule has 0 saturated heterocycles. The van der Waals surface area contributed by atoms with Gasteiger partial charge in [-0.15, -0.1) is 0 Å². The lowest BCUT2D eigenvalue weighted by atomic mass is 10.1. The fourth-order valence-electron chi connectivity index (χ4n) is 1.92. The van der Waals surface area contributed by atoms with E-state index in [4.69, 9.17) is 9.47 Å². The van der Waals surface area contributed by atoms with E-state index >= 15 is 0 Å². The van der Waals surface area contributed by atoms with Gasteiger partial charge in [-0.3, -0.25) is 0 Å². The number of aliphatic hydroxyl groups excluding tert-OH is 1. The summed E-state index contributed by atoms with van der Waals surface area (Å²) in [5, 5.41) is 9.22. The van der Waals surface area contributed by atoms with Crippen LogP contribution in [-0.2, 0) is 6.61 Å². The van der Waals surface area contributed by atoms with Gasteiger partial charge in [0.25, 0.3) is 0 Å². The first-order valence-electron chi connectivity index (χ1n) is 6.81. The van der Waals surface area contributed by atoms with Crippen molar-refractivity contribution in [3.05, 3.63) is 22.2 Å². The van der Waals surface area contributed by atoms with Crippen LogP contribution in [0, 0.1) is 5.92 Å². The predicted molar refractivity (Wildman–Crippen MR) is 80.8 cm³/mol. The van der Waals surface area contributed by atoms with Crippen molar-refractivity contribution >= 4 is 15.9 Å².